The summed E-state index contributed by atoms with van der Waals surface area (Å²) < 4.78 is 5.23. The van der Waals surface area contributed by atoms with E-state index in [2.05, 4.69) is 23.7 Å². The van der Waals surface area contributed by atoms with Crippen LogP contribution in [-0.4, -0.2) is 47.3 Å². The molecule has 39 heavy (non-hydrogen) atoms. The Bertz CT molecular complexity index is 1350. The van der Waals surface area contributed by atoms with Gasteiger partial charge in [-0.3, -0.25) is 19.2 Å². The van der Waals surface area contributed by atoms with Crippen LogP contribution >= 0.6 is 24.8 Å². The Kier molecular flexibility index (Phi) is 12.3. The van der Waals surface area contributed by atoms with Gasteiger partial charge in [-0.25, -0.2) is 0 Å². The van der Waals surface area contributed by atoms with Crippen LogP contribution in [0.5, 0.6) is 0 Å². The average molecular weight is 569 g/mol. The Hall–Kier alpha value is -4.70. The van der Waals surface area contributed by atoms with Crippen LogP contribution in [0.15, 0.2) is 65.1 Å². The van der Waals surface area contributed by atoms with Crippen molar-refractivity contribution in [1.29, 1.82) is 0 Å². The largest absolute Gasteiger partial charge is 0.448 e. The first-order chi connectivity index (χ1) is 17.6. The van der Waals surface area contributed by atoms with Crippen LogP contribution in [0.25, 0.3) is 0 Å². The smallest absolute Gasteiger partial charge is 0.298 e. The second-order valence-corrected chi connectivity index (χ2v) is 8.13. The number of anilines is 2. The van der Waals surface area contributed by atoms with E-state index in [-0.39, 0.29) is 49.4 Å². The predicted octanol–water partition coefficient (Wildman–Crippen LogP) is 2.98. The number of rotatable bonds is 6. The molecule has 3 aromatic rings. The number of nitrogen functional groups attached to an aromatic ring is 2. The Morgan fingerprint density at radius 2 is 0.949 bits per heavy atom. The topological polar surface area (TPSA) is 140 Å². The maximum Gasteiger partial charge on any atom is 0.298 e. The first kappa shape index (κ1) is 32.3. The van der Waals surface area contributed by atoms with Crippen molar-refractivity contribution in [3.8, 4) is 23.7 Å². The first-order valence-electron chi connectivity index (χ1n) is 11.0. The number of halogens is 2. The molecule has 2 amide bonds. The number of benzene rings is 2. The molecule has 1 heterocycles. The van der Waals surface area contributed by atoms with Gasteiger partial charge in [0.2, 0.25) is 0 Å². The van der Waals surface area contributed by atoms with E-state index in [1.165, 1.54) is 21.9 Å². The number of carbonyl (C=O) groups is 4. The summed E-state index contributed by atoms with van der Waals surface area (Å²) in [6, 6.07) is 16.5. The highest BCUT2D eigenvalue weighted by Gasteiger charge is 2.15. The van der Waals surface area contributed by atoms with Gasteiger partial charge >= 0.3 is 0 Å². The molecule has 0 aliphatic carbocycles. The summed E-state index contributed by atoms with van der Waals surface area (Å²) in [5.41, 5.74) is 14.2. The molecule has 0 aliphatic heterocycles. The van der Waals surface area contributed by atoms with Crippen LogP contribution in [0.3, 0.4) is 0 Å². The Balaban J connectivity index is 0.00000380. The molecule has 0 saturated heterocycles. The molecule has 0 spiro atoms. The molecule has 4 N–H and O–H groups in total. The summed E-state index contributed by atoms with van der Waals surface area (Å²) in [7, 11) is 3.10. The van der Waals surface area contributed by atoms with E-state index < -0.39 is 23.4 Å². The second-order valence-electron chi connectivity index (χ2n) is 8.13. The number of furan rings is 1. The highest BCUT2D eigenvalue weighted by Crippen LogP contribution is 2.11. The summed E-state index contributed by atoms with van der Waals surface area (Å²) in [6.07, 6.45) is 0. The van der Waals surface area contributed by atoms with Crippen molar-refractivity contribution in [3.63, 3.8) is 0 Å². The normalized spacial score (nSPS) is 9.28. The molecule has 202 valence electrons. The van der Waals surface area contributed by atoms with E-state index >= 15 is 0 Å². The molecule has 3 rings (SSSR count). The molecule has 9 nitrogen and oxygen atoms in total. The van der Waals surface area contributed by atoms with Gasteiger partial charge in [-0.05, 0) is 59.4 Å². The third-order valence-corrected chi connectivity index (χ3v) is 5.11. The van der Waals surface area contributed by atoms with Gasteiger partial charge in [0.1, 0.15) is 0 Å². The standard InChI is InChI=1S/C28H24N4O5.2ClH/c1-31(17-19-3-7-21(29)8-4-19)27(35)15-11-23(33)25-13-14-26(37-25)24(34)12-16-28(36)32(2)18-20-5-9-22(30)10-6-20;;/h3-10,13-14H,17-18,29-30H2,1-2H3;2*1H. The zero-order valence-corrected chi connectivity index (χ0v) is 22.7. The molecule has 0 radical (unpaired) electrons. The van der Waals surface area contributed by atoms with Crippen molar-refractivity contribution >= 4 is 59.6 Å². The molecule has 11 heteroatoms. The Morgan fingerprint density at radius 3 is 1.28 bits per heavy atom. The van der Waals surface area contributed by atoms with Crippen molar-refractivity contribution in [2.24, 2.45) is 0 Å². The summed E-state index contributed by atoms with van der Waals surface area (Å²) in [6.45, 7) is 0.571. The van der Waals surface area contributed by atoms with E-state index in [4.69, 9.17) is 15.9 Å². The second kappa shape index (κ2) is 14.9. The molecule has 0 unspecified atom stereocenters. The average Bonchev–Trinajstić information content (AvgIpc) is 3.38. The highest BCUT2D eigenvalue weighted by molar-refractivity contribution is 6.13. The number of ketones is 2. The minimum atomic E-state index is -0.777. The van der Waals surface area contributed by atoms with Gasteiger partial charge in [-0.1, -0.05) is 24.3 Å². The van der Waals surface area contributed by atoms with E-state index in [1.807, 2.05) is 0 Å². The lowest BCUT2D eigenvalue weighted by Gasteiger charge is -2.13. The van der Waals surface area contributed by atoms with Gasteiger partial charge in [0.15, 0.2) is 11.5 Å². The van der Waals surface area contributed by atoms with Gasteiger partial charge < -0.3 is 25.7 Å². The van der Waals surface area contributed by atoms with E-state index in [0.717, 1.165) is 11.1 Å². The quantitative estimate of drug-likeness (QED) is 0.201. The number of hydrogen-bond donors (Lipinski definition) is 2. The summed E-state index contributed by atoms with van der Waals surface area (Å²) in [4.78, 5) is 51.7. The van der Waals surface area contributed by atoms with E-state index in [1.54, 1.807) is 62.6 Å². The fraction of sp³-hybridized carbons (Fsp3) is 0.143. The Morgan fingerprint density at radius 1 is 0.615 bits per heavy atom. The van der Waals surface area contributed by atoms with Gasteiger partial charge in [-0.15, -0.1) is 24.8 Å². The molecular weight excluding hydrogens is 543 g/mol. The van der Waals surface area contributed by atoms with Gasteiger partial charge in [0.05, 0.1) is 0 Å². The summed E-state index contributed by atoms with van der Waals surface area (Å²) in [5, 5.41) is 0. The van der Waals surface area contributed by atoms with Crippen molar-refractivity contribution in [2.45, 2.75) is 13.1 Å². The number of nitrogens with two attached hydrogens (primary N) is 2. The van der Waals surface area contributed by atoms with Gasteiger partial charge in [0, 0.05) is 50.4 Å². The molecule has 0 aliphatic rings. The van der Waals surface area contributed by atoms with Crippen LogP contribution in [-0.2, 0) is 22.7 Å². The van der Waals surface area contributed by atoms with Crippen molar-refractivity contribution in [1.82, 2.24) is 9.80 Å². The highest BCUT2D eigenvalue weighted by atomic mass is 35.5. The molecule has 0 saturated carbocycles. The fourth-order valence-corrected chi connectivity index (χ4v) is 3.05. The monoisotopic (exact) mass is 568 g/mol. The van der Waals surface area contributed by atoms with E-state index in [0.29, 0.717) is 11.4 Å². The number of Topliss-reactive ketones (excluding diaryl/α,β-unsaturated/α-hetero) is 2. The predicted molar refractivity (Wildman–Crippen MR) is 152 cm³/mol. The maximum absolute atomic E-state index is 12.3. The van der Waals surface area contributed by atoms with Crippen molar-refractivity contribution in [2.75, 3.05) is 25.6 Å². The molecule has 2 aromatic carbocycles. The lowest BCUT2D eigenvalue weighted by atomic mass is 10.2. The summed E-state index contributed by atoms with van der Waals surface area (Å²) in [5.74, 6) is 5.80. The van der Waals surface area contributed by atoms with E-state index in [9.17, 15) is 19.2 Å². The molecule has 0 fully saturated rings. The zero-order chi connectivity index (χ0) is 26.9. The minimum Gasteiger partial charge on any atom is -0.448 e. The third-order valence-electron chi connectivity index (χ3n) is 5.11. The molecular formula is C28H26Cl2N4O5. The number of hydrogen-bond acceptors (Lipinski definition) is 7. The minimum absolute atomic E-state index is 0. The third kappa shape index (κ3) is 9.60. The number of amides is 2. The maximum atomic E-state index is 12.3. The first-order valence-corrected chi connectivity index (χ1v) is 11.0. The lowest BCUT2D eigenvalue weighted by Crippen LogP contribution is -2.24. The zero-order valence-electron chi connectivity index (χ0n) is 21.1. The molecule has 1 aromatic heterocycles. The van der Waals surface area contributed by atoms with Crippen LogP contribution < -0.4 is 11.5 Å². The number of nitrogens with zero attached hydrogens (tertiary/aromatic N) is 2. The lowest BCUT2D eigenvalue weighted by molar-refractivity contribution is -0.125. The van der Waals surface area contributed by atoms with Crippen LogP contribution in [0.2, 0.25) is 0 Å². The molecule has 0 atom stereocenters. The van der Waals surface area contributed by atoms with Gasteiger partial charge in [-0.2, -0.15) is 0 Å². The van der Waals surface area contributed by atoms with Crippen molar-refractivity contribution in [3.05, 3.63) is 83.3 Å². The van der Waals surface area contributed by atoms with Crippen LogP contribution in [0, 0.1) is 23.7 Å². The van der Waals surface area contributed by atoms with Crippen LogP contribution in [0.4, 0.5) is 11.4 Å². The molecule has 0 bridgehead atoms. The number of carbonyl (C=O) groups excluding carboxylic acids is 4. The van der Waals surface area contributed by atoms with Crippen LogP contribution in [0.1, 0.15) is 32.2 Å². The summed E-state index contributed by atoms with van der Waals surface area (Å²) >= 11 is 0. The SMILES string of the molecule is CN(Cc1ccc(N)cc1)C(=O)C#CC(=O)c1ccc(C(=O)C#CC(=O)N(C)Cc2ccc(N)cc2)o1.Cl.Cl. The van der Waals surface area contributed by atoms with Gasteiger partial charge in [0.25, 0.3) is 23.4 Å². The Labute approximate surface area is 238 Å². The fourth-order valence-electron chi connectivity index (χ4n) is 3.05. The van der Waals surface area contributed by atoms with Crippen molar-refractivity contribution < 1.29 is 23.6 Å².